The van der Waals surface area contributed by atoms with Crippen LogP contribution in [0.5, 0.6) is 0 Å². The van der Waals surface area contributed by atoms with Crippen LogP contribution in [0.25, 0.3) is 0 Å². The summed E-state index contributed by atoms with van der Waals surface area (Å²) < 4.78 is 0. The van der Waals surface area contributed by atoms with Crippen molar-refractivity contribution in [2.24, 2.45) is 11.7 Å². The van der Waals surface area contributed by atoms with Gasteiger partial charge in [0, 0.05) is 12.5 Å². The average molecular weight is 260 g/mol. The molecule has 0 bridgehead atoms. The molecule has 0 radical (unpaired) electrons. The molecule has 0 aliphatic heterocycles. The van der Waals surface area contributed by atoms with Crippen LogP contribution in [-0.4, -0.2) is 18.5 Å². The molecule has 2 rings (SSSR count). The fourth-order valence-corrected chi connectivity index (χ4v) is 2.86. The Morgan fingerprint density at radius 3 is 2.68 bits per heavy atom. The van der Waals surface area contributed by atoms with E-state index in [1.165, 1.54) is 18.4 Å². The molecule has 1 amide bonds. The Bertz CT molecular complexity index is 391. The molecule has 1 fully saturated rings. The van der Waals surface area contributed by atoms with Gasteiger partial charge >= 0.3 is 0 Å². The van der Waals surface area contributed by atoms with E-state index in [0.717, 1.165) is 19.3 Å². The molecular weight excluding hydrogens is 236 g/mol. The molecule has 19 heavy (non-hydrogen) atoms. The molecule has 1 aliphatic rings. The molecule has 0 spiro atoms. The lowest BCUT2D eigenvalue weighted by Gasteiger charge is -2.31. The molecule has 3 nitrogen and oxygen atoms in total. The molecule has 3 N–H and O–H groups in total. The Morgan fingerprint density at radius 2 is 1.95 bits per heavy atom. The second kappa shape index (κ2) is 7.29. The highest BCUT2D eigenvalue weighted by molar-refractivity contribution is 5.76. The number of carbonyl (C=O) groups excluding carboxylic acids is 1. The molecular formula is C16H24N2O. The van der Waals surface area contributed by atoms with Crippen molar-refractivity contribution in [3.05, 3.63) is 35.9 Å². The third kappa shape index (κ3) is 4.35. The Labute approximate surface area is 115 Å². The minimum Gasteiger partial charge on any atom is -0.353 e. The summed E-state index contributed by atoms with van der Waals surface area (Å²) in [4.78, 5) is 12.0. The van der Waals surface area contributed by atoms with Crippen molar-refractivity contribution in [2.45, 2.75) is 44.6 Å². The second-order valence-electron chi connectivity index (χ2n) is 5.44. The van der Waals surface area contributed by atoms with E-state index in [1.54, 1.807) is 0 Å². The summed E-state index contributed by atoms with van der Waals surface area (Å²) in [6.45, 7) is 0.684. The maximum Gasteiger partial charge on any atom is 0.220 e. The number of benzene rings is 1. The normalized spacial score (nSPS) is 23.0. The van der Waals surface area contributed by atoms with E-state index in [9.17, 15) is 4.79 Å². The van der Waals surface area contributed by atoms with E-state index in [-0.39, 0.29) is 5.91 Å². The molecule has 0 aromatic heterocycles. The molecule has 0 saturated heterocycles. The number of nitrogens with two attached hydrogens (primary N) is 1. The number of hydrogen-bond donors (Lipinski definition) is 2. The quantitative estimate of drug-likeness (QED) is 0.853. The van der Waals surface area contributed by atoms with Crippen molar-refractivity contribution in [3.63, 3.8) is 0 Å². The third-order valence-electron chi connectivity index (χ3n) is 4.04. The monoisotopic (exact) mass is 260 g/mol. The highest BCUT2D eigenvalue weighted by atomic mass is 16.1. The van der Waals surface area contributed by atoms with Crippen LogP contribution in [0.4, 0.5) is 0 Å². The van der Waals surface area contributed by atoms with E-state index in [1.807, 2.05) is 18.2 Å². The summed E-state index contributed by atoms with van der Waals surface area (Å²) in [6.07, 6.45) is 6.07. The van der Waals surface area contributed by atoms with Gasteiger partial charge in [-0.25, -0.2) is 0 Å². The van der Waals surface area contributed by atoms with Crippen molar-refractivity contribution >= 4 is 5.91 Å². The standard InChI is InChI=1S/C16H24N2O/c17-12-14-8-4-5-9-15(14)18-16(19)11-10-13-6-2-1-3-7-13/h1-3,6-7,14-15H,4-5,8-12,17H2,(H,18,19). The van der Waals surface area contributed by atoms with Crippen molar-refractivity contribution < 1.29 is 4.79 Å². The van der Waals surface area contributed by atoms with Crippen LogP contribution in [0.15, 0.2) is 30.3 Å². The van der Waals surface area contributed by atoms with Gasteiger partial charge < -0.3 is 11.1 Å². The van der Waals surface area contributed by atoms with Gasteiger partial charge in [-0.1, -0.05) is 43.2 Å². The van der Waals surface area contributed by atoms with Crippen LogP contribution < -0.4 is 11.1 Å². The minimum atomic E-state index is 0.161. The van der Waals surface area contributed by atoms with Crippen LogP contribution >= 0.6 is 0 Å². The zero-order chi connectivity index (χ0) is 13.5. The number of carbonyl (C=O) groups is 1. The SMILES string of the molecule is NCC1CCCCC1NC(=O)CCc1ccccc1. The summed E-state index contributed by atoms with van der Waals surface area (Å²) in [5, 5.41) is 3.17. The number of hydrogen-bond acceptors (Lipinski definition) is 2. The van der Waals surface area contributed by atoms with Crippen molar-refractivity contribution in [1.29, 1.82) is 0 Å². The van der Waals surface area contributed by atoms with Crippen LogP contribution in [-0.2, 0) is 11.2 Å². The topological polar surface area (TPSA) is 55.1 Å². The largest absolute Gasteiger partial charge is 0.353 e. The maximum atomic E-state index is 12.0. The highest BCUT2D eigenvalue weighted by Gasteiger charge is 2.24. The van der Waals surface area contributed by atoms with Crippen LogP contribution in [0, 0.1) is 5.92 Å². The summed E-state index contributed by atoms with van der Waals surface area (Å²) in [6, 6.07) is 10.4. The summed E-state index contributed by atoms with van der Waals surface area (Å²) in [5.41, 5.74) is 7.00. The highest BCUT2D eigenvalue weighted by Crippen LogP contribution is 2.23. The lowest BCUT2D eigenvalue weighted by atomic mass is 9.84. The molecule has 3 heteroatoms. The maximum absolute atomic E-state index is 12.0. The third-order valence-corrected chi connectivity index (χ3v) is 4.04. The molecule has 2 unspecified atom stereocenters. The van der Waals surface area contributed by atoms with Crippen LogP contribution in [0.3, 0.4) is 0 Å². The molecule has 1 saturated carbocycles. The van der Waals surface area contributed by atoms with Gasteiger partial charge in [0.1, 0.15) is 0 Å². The summed E-state index contributed by atoms with van der Waals surface area (Å²) in [7, 11) is 0. The predicted octanol–water partition coefficient (Wildman–Crippen LogP) is 2.25. The van der Waals surface area contributed by atoms with Gasteiger partial charge in [0.15, 0.2) is 0 Å². The Kier molecular flexibility index (Phi) is 5.40. The van der Waals surface area contributed by atoms with Gasteiger partial charge in [0.05, 0.1) is 0 Å². The molecule has 104 valence electrons. The van der Waals surface area contributed by atoms with Gasteiger partial charge in [-0.15, -0.1) is 0 Å². The van der Waals surface area contributed by atoms with Crippen LogP contribution in [0.1, 0.15) is 37.7 Å². The number of aryl methyl sites for hydroxylation is 1. The molecule has 1 aromatic carbocycles. The molecule has 0 heterocycles. The van der Waals surface area contributed by atoms with Crippen molar-refractivity contribution in [3.8, 4) is 0 Å². The predicted molar refractivity (Wildman–Crippen MR) is 77.7 cm³/mol. The first-order valence-electron chi connectivity index (χ1n) is 7.33. The first kappa shape index (κ1) is 14.1. The number of nitrogens with one attached hydrogen (secondary N) is 1. The second-order valence-corrected chi connectivity index (χ2v) is 5.44. The Hall–Kier alpha value is -1.35. The average Bonchev–Trinajstić information content (AvgIpc) is 2.47. The van der Waals surface area contributed by atoms with Gasteiger partial charge in [0.2, 0.25) is 5.91 Å². The van der Waals surface area contributed by atoms with E-state index in [0.29, 0.717) is 24.9 Å². The van der Waals surface area contributed by atoms with E-state index < -0.39 is 0 Å². The summed E-state index contributed by atoms with van der Waals surface area (Å²) >= 11 is 0. The van der Waals surface area contributed by atoms with Crippen molar-refractivity contribution in [1.82, 2.24) is 5.32 Å². The van der Waals surface area contributed by atoms with E-state index in [2.05, 4.69) is 17.4 Å². The first-order chi connectivity index (χ1) is 9.29. The van der Waals surface area contributed by atoms with E-state index in [4.69, 9.17) is 5.73 Å². The summed E-state index contributed by atoms with van der Waals surface area (Å²) in [5.74, 6) is 0.628. The zero-order valence-corrected chi connectivity index (χ0v) is 11.5. The molecule has 1 aliphatic carbocycles. The van der Waals surface area contributed by atoms with E-state index >= 15 is 0 Å². The lowest BCUT2D eigenvalue weighted by molar-refractivity contribution is -0.122. The van der Waals surface area contributed by atoms with Crippen molar-refractivity contribution in [2.75, 3.05) is 6.54 Å². The number of rotatable bonds is 5. The Balaban J connectivity index is 1.77. The van der Waals surface area contributed by atoms with Gasteiger partial charge in [-0.3, -0.25) is 4.79 Å². The fraction of sp³-hybridized carbons (Fsp3) is 0.562. The minimum absolute atomic E-state index is 0.161. The van der Waals surface area contributed by atoms with Gasteiger partial charge in [-0.05, 0) is 37.3 Å². The molecule has 1 aromatic rings. The first-order valence-corrected chi connectivity index (χ1v) is 7.33. The zero-order valence-electron chi connectivity index (χ0n) is 11.5. The molecule has 2 atom stereocenters. The van der Waals surface area contributed by atoms with Gasteiger partial charge in [0.25, 0.3) is 0 Å². The number of amides is 1. The van der Waals surface area contributed by atoms with Crippen LogP contribution in [0.2, 0.25) is 0 Å². The Morgan fingerprint density at radius 1 is 1.21 bits per heavy atom. The fourth-order valence-electron chi connectivity index (χ4n) is 2.86. The van der Waals surface area contributed by atoms with Gasteiger partial charge in [-0.2, -0.15) is 0 Å². The lowest BCUT2D eigenvalue weighted by Crippen LogP contribution is -2.44. The smallest absolute Gasteiger partial charge is 0.220 e.